The predicted octanol–water partition coefficient (Wildman–Crippen LogP) is 4.51. The van der Waals surface area contributed by atoms with Crippen LogP contribution in [0.3, 0.4) is 0 Å². The first-order chi connectivity index (χ1) is 15.5. The highest BCUT2D eigenvalue weighted by molar-refractivity contribution is 7.20. The first kappa shape index (κ1) is 21.2. The number of halogens is 2. The molecule has 1 amide bonds. The summed E-state index contributed by atoms with van der Waals surface area (Å²) in [5.74, 6) is 0.758. The molecule has 1 fully saturated rings. The van der Waals surface area contributed by atoms with Gasteiger partial charge in [0.15, 0.2) is 0 Å². The molecule has 10 heteroatoms. The quantitative estimate of drug-likeness (QED) is 0.424. The molecule has 4 aromatic rings. The molecule has 1 saturated heterocycles. The van der Waals surface area contributed by atoms with Crippen molar-refractivity contribution in [2.24, 2.45) is 0 Å². The number of hydrogen-bond acceptors (Lipinski definition) is 6. The molecule has 0 spiro atoms. The molecule has 0 unspecified atom stereocenters. The van der Waals surface area contributed by atoms with Crippen LogP contribution >= 0.6 is 34.5 Å². The van der Waals surface area contributed by atoms with Gasteiger partial charge in [0.2, 0.25) is 5.95 Å². The third-order valence-corrected chi connectivity index (χ3v) is 7.28. The molecule has 7 nitrogen and oxygen atoms in total. The Morgan fingerprint density at radius 1 is 1.09 bits per heavy atom. The molecule has 1 aliphatic heterocycles. The summed E-state index contributed by atoms with van der Waals surface area (Å²) in [4.78, 5) is 27.5. The largest absolute Gasteiger partial charge is 0.337 e. The standard InChI is InChI=1S/C22H20Cl2N6OS/c1-14-17-12-19(20(31)28-7-9-29(10-8-28)22-25-5-2-6-26-22)32-21(17)30(27-14)13-15-3-4-16(23)11-18(15)24/h2-6,11-12H,7-10,13H2,1H3. The van der Waals surface area contributed by atoms with Crippen LogP contribution in [0.1, 0.15) is 20.9 Å². The Kier molecular flexibility index (Phi) is 5.75. The summed E-state index contributed by atoms with van der Waals surface area (Å²) < 4.78 is 1.91. The van der Waals surface area contributed by atoms with Crippen LogP contribution in [0.15, 0.2) is 42.7 Å². The summed E-state index contributed by atoms with van der Waals surface area (Å²) in [6.07, 6.45) is 3.47. The summed E-state index contributed by atoms with van der Waals surface area (Å²) in [6.45, 7) is 5.17. The molecular weight excluding hydrogens is 467 g/mol. The van der Waals surface area contributed by atoms with Gasteiger partial charge < -0.3 is 9.80 Å². The van der Waals surface area contributed by atoms with Crippen LogP contribution in [-0.4, -0.2) is 56.7 Å². The third kappa shape index (κ3) is 4.05. The van der Waals surface area contributed by atoms with E-state index in [1.165, 1.54) is 11.3 Å². The third-order valence-electron chi connectivity index (χ3n) is 5.56. The van der Waals surface area contributed by atoms with Gasteiger partial charge >= 0.3 is 0 Å². The van der Waals surface area contributed by atoms with E-state index in [4.69, 9.17) is 23.2 Å². The van der Waals surface area contributed by atoms with E-state index in [0.29, 0.717) is 48.7 Å². The molecule has 0 atom stereocenters. The Bertz CT molecular complexity index is 1280. The number of aryl methyl sites for hydroxylation is 1. The number of aromatic nitrogens is 4. The van der Waals surface area contributed by atoms with Gasteiger partial charge in [0.25, 0.3) is 5.91 Å². The van der Waals surface area contributed by atoms with E-state index in [-0.39, 0.29) is 5.91 Å². The normalized spacial score (nSPS) is 14.3. The van der Waals surface area contributed by atoms with Gasteiger partial charge in [0.05, 0.1) is 17.1 Å². The summed E-state index contributed by atoms with van der Waals surface area (Å²) in [7, 11) is 0. The first-order valence-corrected chi connectivity index (χ1v) is 11.8. The number of fused-ring (bicyclic) bond motifs is 1. The van der Waals surface area contributed by atoms with Crippen molar-refractivity contribution in [2.75, 3.05) is 31.1 Å². The number of rotatable bonds is 4. The summed E-state index contributed by atoms with van der Waals surface area (Å²) >= 11 is 13.8. The molecule has 0 saturated carbocycles. The van der Waals surface area contributed by atoms with E-state index in [1.807, 2.05) is 34.7 Å². The molecule has 32 heavy (non-hydrogen) atoms. The number of benzene rings is 1. The fraction of sp³-hybridized carbons (Fsp3) is 0.273. The zero-order valence-electron chi connectivity index (χ0n) is 17.3. The molecule has 1 aliphatic rings. The van der Waals surface area contributed by atoms with Gasteiger partial charge in [-0.05, 0) is 36.8 Å². The number of piperazine rings is 1. The van der Waals surface area contributed by atoms with Crippen molar-refractivity contribution in [1.29, 1.82) is 0 Å². The second-order valence-corrected chi connectivity index (χ2v) is 9.51. The number of hydrogen-bond donors (Lipinski definition) is 0. The second-order valence-electron chi connectivity index (χ2n) is 7.64. The topological polar surface area (TPSA) is 67.2 Å². The Hall–Kier alpha value is -2.68. The van der Waals surface area contributed by atoms with E-state index < -0.39 is 0 Å². The van der Waals surface area contributed by atoms with Crippen LogP contribution in [0, 0.1) is 6.92 Å². The molecular formula is C22H20Cl2N6OS. The Morgan fingerprint density at radius 2 is 1.84 bits per heavy atom. The van der Waals surface area contributed by atoms with Gasteiger partial charge in [0, 0.05) is 54.0 Å². The number of carbonyl (C=O) groups excluding carboxylic acids is 1. The van der Waals surface area contributed by atoms with Gasteiger partial charge in [-0.25, -0.2) is 9.97 Å². The summed E-state index contributed by atoms with van der Waals surface area (Å²) in [5.41, 5.74) is 1.83. The minimum absolute atomic E-state index is 0.0512. The van der Waals surface area contributed by atoms with Gasteiger partial charge in [-0.3, -0.25) is 9.48 Å². The van der Waals surface area contributed by atoms with Gasteiger partial charge in [0.1, 0.15) is 4.83 Å². The monoisotopic (exact) mass is 486 g/mol. The van der Waals surface area contributed by atoms with E-state index in [0.717, 1.165) is 26.4 Å². The van der Waals surface area contributed by atoms with Crippen LogP contribution in [0.25, 0.3) is 10.2 Å². The Labute approximate surface area is 199 Å². The van der Waals surface area contributed by atoms with E-state index in [9.17, 15) is 4.79 Å². The fourth-order valence-electron chi connectivity index (χ4n) is 3.86. The van der Waals surface area contributed by atoms with Crippen LogP contribution in [0.5, 0.6) is 0 Å². The van der Waals surface area contributed by atoms with Crippen molar-refractivity contribution in [1.82, 2.24) is 24.6 Å². The summed E-state index contributed by atoms with van der Waals surface area (Å²) in [6, 6.07) is 9.21. The highest BCUT2D eigenvalue weighted by Crippen LogP contribution is 2.31. The maximum absolute atomic E-state index is 13.2. The zero-order valence-corrected chi connectivity index (χ0v) is 19.7. The lowest BCUT2D eigenvalue weighted by Gasteiger charge is -2.34. The van der Waals surface area contributed by atoms with Gasteiger partial charge in [-0.1, -0.05) is 29.3 Å². The summed E-state index contributed by atoms with van der Waals surface area (Å²) in [5, 5.41) is 6.86. The number of nitrogens with zero attached hydrogens (tertiary/aromatic N) is 6. The van der Waals surface area contributed by atoms with Gasteiger partial charge in [-0.2, -0.15) is 5.10 Å². The molecule has 0 N–H and O–H groups in total. The zero-order chi connectivity index (χ0) is 22.2. The van der Waals surface area contributed by atoms with Crippen LogP contribution in [0.4, 0.5) is 5.95 Å². The molecule has 5 rings (SSSR count). The molecule has 3 aromatic heterocycles. The first-order valence-electron chi connectivity index (χ1n) is 10.2. The van der Waals surface area contributed by atoms with Crippen LogP contribution in [-0.2, 0) is 6.54 Å². The van der Waals surface area contributed by atoms with Crippen molar-refractivity contribution >= 4 is 56.6 Å². The maximum Gasteiger partial charge on any atom is 0.264 e. The van der Waals surface area contributed by atoms with Gasteiger partial charge in [-0.15, -0.1) is 11.3 Å². The number of anilines is 1. The van der Waals surface area contributed by atoms with Crippen molar-refractivity contribution in [3.8, 4) is 0 Å². The molecule has 164 valence electrons. The van der Waals surface area contributed by atoms with Crippen molar-refractivity contribution in [3.05, 3.63) is 68.9 Å². The number of thiophene rings is 1. The fourth-order valence-corrected chi connectivity index (χ4v) is 5.45. The average molecular weight is 487 g/mol. The minimum atomic E-state index is 0.0512. The molecule has 0 bridgehead atoms. The second kappa shape index (κ2) is 8.69. The highest BCUT2D eigenvalue weighted by Gasteiger charge is 2.25. The smallest absolute Gasteiger partial charge is 0.264 e. The molecule has 1 aromatic carbocycles. The molecule has 4 heterocycles. The molecule has 0 aliphatic carbocycles. The van der Waals surface area contributed by atoms with E-state index >= 15 is 0 Å². The average Bonchev–Trinajstić information content (AvgIpc) is 3.37. The van der Waals surface area contributed by atoms with Crippen molar-refractivity contribution < 1.29 is 4.79 Å². The SMILES string of the molecule is Cc1nn(Cc2ccc(Cl)cc2Cl)c2sc(C(=O)N3CCN(c4ncccn4)CC3)cc12. The maximum atomic E-state index is 13.2. The highest BCUT2D eigenvalue weighted by atomic mass is 35.5. The van der Waals surface area contributed by atoms with E-state index in [2.05, 4.69) is 20.0 Å². The van der Waals surface area contributed by atoms with E-state index in [1.54, 1.807) is 24.5 Å². The lowest BCUT2D eigenvalue weighted by Crippen LogP contribution is -2.49. The van der Waals surface area contributed by atoms with Crippen LogP contribution < -0.4 is 4.90 Å². The lowest BCUT2D eigenvalue weighted by atomic mass is 10.2. The number of carbonyl (C=O) groups is 1. The molecule has 0 radical (unpaired) electrons. The lowest BCUT2D eigenvalue weighted by molar-refractivity contribution is 0.0751. The Balaban J connectivity index is 1.34. The van der Waals surface area contributed by atoms with Crippen molar-refractivity contribution in [3.63, 3.8) is 0 Å². The number of amides is 1. The van der Waals surface area contributed by atoms with Crippen LogP contribution in [0.2, 0.25) is 10.0 Å². The Morgan fingerprint density at radius 3 is 2.56 bits per heavy atom. The minimum Gasteiger partial charge on any atom is -0.337 e. The van der Waals surface area contributed by atoms with Crippen molar-refractivity contribution in [2.45, 2.75) is 13.5 Å². The predicted molar refractivity (Wildman–Crippen MR) is 128 cm³/mol.